The Morgan fingerprint density at radius 1 is 1.25 bits per heavy atom. The molecule has 0 spiro atoms. The minimum Gasteiger partial charge on any atom is -0.382 e. The van der Waals surface area contributed by atoms with Crippen LogP contribution >= 0.6 is 0 Å². The fourth-order valence-corrected chi connectivity index (χ4v) is 3.07. The van der Waals surface area contributed by atoms with Crippen LogP contribution in [0, 0.1) is 0 Å². The van der Waals surface area contributed by atoms with Crippen LogP contribution in [0.2, 0.25) is 0 Å². The molecule has 0 aromatic heterocycles. The van der Waals surface area contributed by atoms with E-state index in [-0.39, 0.29) is 11.3 Å². The van der Waals surface area contributed by atoms with Gasteiger partial charge in [0, 0.05) is 19.8 Å². The molecule has 1 saturated carbocycles. The van der Waals surface area contributed by atoms with Gasteiger partial charge in [-0.2, -0.15) is 0 Å². The van der Waals surface area contributed by atoms with Gasteiger partial charge in [-0.3, -0.25) is 4.79 Å². The van der Waals surface area contributed by atoms with Gasteiger partial charge in [0.05, 0.1) is 5.41 Å². The van der Waals surface area contributed by atoms with E-state index >= 15 is 0 Å². The smallest absolute Gasteiger partial charge is 0.230 e. The van der Waals surface area contributed by atoms with Gasteiger partial charge in [0.25, 0.3) is 0 Å². The van der Waals surface area contributed by atoms with Crippen LogP contribution in [0.5, 0.6) is 0 Å². The first kappa shape index (κ1) is 15.0. The normalized spacial score (nSPS) is 17.1. The highest BCUT2D eigenvalue weighted by Gasteiger charge is 2.42. The SMILES string of the molecule is CCOCCCNC(=O)C1(c2ccccc2)CCCC1. The van der Waals surface area contributed by atoms with Gasteiger partial charge in [0.2, 0.25) is 5.91 Å². The van der Waals surface area contributed by atoms with E-state index in [0.29, 0.717) is 6.54 Å². The van der Waals surface area contributed by atoms with Crippen LogP contribution in [0.25, 0.3) is 0 Å². The summed E-state index contributed by atoms with van der Waals surface area (Å²) in [5.41, 5.74) is 0.868. The van der Waals surface area contributed by atoms with E-state index in [1.807, 2.05) is 25.1 Å². The molecule has 0 saturated heterocycles. The van der Waals surface area contributed by atoms with Crippen molar-refractivity contribution >= 4 is 5.91 Å². The maximum atomic E-state index is 12.6. The quantitative estimate of drug-likeness (QED) is 0.777. The molecule has 20 heavy (non-hydrogen) atoms. The average Bonchev–Trinajstić information content (AvgIpc) is 2.99. The lowest BCUT2D eigenvalue weighted by molar-refractivity contribution is -0.126. The van der Waals surface area contributed by atoms with Crippen LogP contribution in [0.15, 0.2) is 30.3 Å². The topological polar surface area (TPSA) is 38.3 Å². The Kier molecular flexibility index (Phi) is 5.60. The molecule has 0 aliphatic heterocycles. The van der Waals surface area contributed by atoms with Crippen LogP contribution in [-0.2, 0) is 14.9 Å². The molecule has 3 nitrogen and oxygen atoms in total. The predicted molar refractivity (Wildman–Crippen MR) is 80.7 cm³/mol. The summed E-state index contributed by atoms with van der Waals surface area (Å²) in [6.45, 7) is 4.14. The summed E-state index contributed by atoms with van der Waals surface area (Å²) >= 11 is 0. The second-order valence-corrected chi connectivity index (χ2v) is 5.46. The molecule has 1 aromatic carbocycles. The number of rotatable bonds is 7. The number of ether oxygens (including phenoxy) is 1. The van der Waals surface area contributed by atoms with Gasteiger partial charge in [-0.15, -0.1) is 0 Å². The van der Waals surface area contributed by atoms with Gasteiger partial charge in [-0.25, -0.2) is 0 Å². The Hall–Kier alpha value is -1.35. The molecule has 1 aliphatic carbocycles. The van der Waals surface area contributed by atoms with E-state index in [1.54, 1.807) is 0 Å². The van der Waals surface area contributed by atoms with E-state index in [4.69, 9.17) is 4.74 Å². The molecule has 0 radical (unpaired) electrons. The molecule has 3 heteroatoms. The highest BCUT2D eigenvalue weighted by molar-refractivity contribution is 5.88. The minimum absolute atomic E-state index is 0.192. The van der Waals surface area contributed by atoms with E-state index in [0.717, 1.165) is 45.3 Å². The molecular formula is C17H25NO2. The van der Waals surface area contributed by atoms with Crippen molar-refractivity contribution in [1.29, 1.82) is 0 Å². The van der Waals surface area contributed by atoms with Crippen molar-refractivity contribution in [3.63, 3.8) is 0 Å². The lowest BCUT2D eigenvalue weighted by Crippen LogP contribution is -2.43. The molecule has 1 aliphatic rings. The third kappa shape index (κ3) is 3.40. The Balaban J connectivity index is 1.96. The molecule has 1 amide bonds. The molecule has 1 N–H and O–H groups in total. The number of nitrogens with one attached hydrogen (secondary N) is 1. The zero-order valence-electron chi connectivity index (χ0n) is 12.4. The highest BCUT2D eigenvalue weighted by Crippen LogP contribution is 2.41. The van der Waals surface area contributed by atoms with Gasteiger partial charge in [-0.05, 0) is 31.7 Å². The molecule has 1 fully saturated rings. The summed E-state index contributed by atoms with van der Waals surface area (Å²) in [7, 11) is 0. The van der Waals surface area contributed by atoms with Crippen molar-refractivity contribution in [2.24, 2.45) is 0 Å². The zero-order chi connectivity index (χ0) is 14.3. The number of benzene rings is 1. The van der Waals surface area contributed by atoms with E-state index in [1.165, 1.54) is 5.56 Å². The van der Waals surface area contributed by atoms with Crippen LogP contribution < -0.4 is 5.32 Å². The van der Waals surface area contributed by atoms with Crippen molar-refractivity contribution in [3.05, 3.63) is 35.9 Å². The summed E-state index contributed by atoms with van der Waals surface area (Å²) in [5.74, 6) is 0.192. The van der Waals surface area contributed by atoms with Crippen LogP contribution in [0.4, 0.5) is 0 Å². The maximum Gasteiger partial charge on any atom is 0.230 e. The third-order valence-corrected chi connectivity index (χ3v) is 4.17. The van der Waals surface area contributed by atoms with E-state index in [2.05, 4.69) is 17.4 Å². The van der Waals surface area contributed by atoms with Crippen LogP contribution in [0.1, 0.15) is 44.6 Å². The zero-order valence-corrected chi connectivity index (χ0v) is 12.4. The number of carbonyl (C=O) groups is 1. The van der Waals surface area contributed by atoms with E-state index < -0.39 is 0 Å². The van der Waals surface area contributed by atoms with Crippen molar-refractivity contribution in [2.75, 3.05) is 19.8 Å². The summed E-state index contributed by atoms with van der Waals surface area (Å²) in [5, 5.41) is 3.10. The maximum absolute atomic E-state index is 12.6. The summed E-state index contributed by atoms with van der Waals surface area (Å²) in [4.78, 5) is 12.6. The Bertz CT molecular complexity index is 410. The first-order valence-corrected chi connectivity index (χ1v) is 7.71. The predicted octanol–water partition coefficient (Wildman–Crippen LogP) is 3.04. The summed E-state index contributed by atoms with van der Waals surface area (Å²) in [6.07, 6.45) is 5.09. The molecular weight excluding hydrogens is 250 g/mol. The van der Waals surface area contributed by atoms with E-state index in [9.17, 15) is 4.79 Å². The minimum atomic E-state index is -0.299. The standard InChI is InChI=1S/C17H25NO2/c1-2-20-14-8-13-18-16(19)17(11-6-7-12-17)15-9-4-3-5-10-15/h3-5,9-10H,2,6-8,11-14H2,1H3,(H,18,19). The second kappa shape index (κ2) is 7.44. The van der Waals surface area contributed by atoms with Gasteiger partial charge in [0.15, 0.2) is 0 Å². The molecule has 0 atom stereocenters. The molecule has 0 bridgehead atoms. The van der Waals surface area contributed by atoms with Crippen molar-refractivity contribution in [3.8, 4) is 0 Å². The Morgan fingerprint density at radius 3 is 2.60 bits per heavy atom. The van der Waals surface area contributed by atoms with Crippen molar-refractivity contribution < 1.29 is 9.53 Å². The Labute approximate surface area is 121 Å². The van der Waals surface area contributed by atoms with Gasteiger partial charge < -0.3 is 10.1 Å². The van der Waals surface area contributed by atoms with Gasteiger partial charge in [0.1, 0.15) is 0 Å². The molecule has 2 rings (SSSR count). The number of hydrogen-bond acceptors (Lipinski definition) is 2. The lowest BCUT2D eigenvalue weighted by atomic mass is 9.78. The monoisotopic (exact) mass is 275 g/mol. The van der Waals surface area contributed by atoms with Gasteiger partial charge >= 0.3 is 0 Å². The summed E-state index contributed by atoms with van der Waals surface area (Å²) < 4.78 is 5.30. The van der Waals surface area contributed by atoms with Crippen molar-refractivity contribution in [2.45, 2.75) is 44.4 Å². The van der Waals surface area contributed by atoms with Crippen LogP contribution in [-0.4, -0.2) is 25.7 Å². The highest BCUT2D eigenvalue weighted by atomic mass is 16.5. The average molecular weight is 275 g/mol. The fraction of sp³-hybridized carbons (Fsp3) is 0.588. The first-order valence-electron chi connectivity index (χ1n) is 7.71. The first-order chi connectivity index (χ1) is 9.79. The largest absolute Gasteiger partial charge is 0.382 e. The molecule has 1 aromatic rings. The lowest BCUT2D eigenvalue weighted by Gasteiger charge is -2.28. The van der Waals surface area contributed by atoms with Crippen LogP contribution in [0.3, 0.4) is 0 Å². The number of hydrogen-bond donors (Lipinski definition) is 1. The molecule has 0 unspecified atom stereocenters. The molecule has 110 valence electrons. The number of amides is 1. The fourth-order valence-electron chi connectivity index (χ4n) is 3.07. The number of carbonyl (C=O) groups excluding carboxylic acids is 1. The second-order valence-electron chi connectivity index (χ2n) is 5.46. The van der Waals surface area contributed by atoms with Crippen molar-refractivity contribution in [1.82, 2.24) is 5.32 Å². The molecule has 0 heterocycles. The third-order valence-electron chi connectivity index (χ3n) is 4.17. The Morgan fingerprint density at radius 2 is 1.95 bits per heavy atom. The summed E-state index contributed by atoms with van der Waals surface area (Å²) in [6, 6.07) is 10.2. The van der Waals surface area contributed by atoms with Gasteiger partial charge in [-0.1, -0.05) is 43.2 Å².